The fraction of sp³-hybridized carbons (Fsp3) is 1.00. The van der Waals surface area contributed by atoms with Gasteiger partial charge in [0.25, 0.3) is 0 Å². The Morgan fingerprint density at radius 3 is 1.57 bits per heavy atom. The summed E-state index contributed by atoms with van der Waals surface area (Å²) in [6, 6.07) is 0. The maximum Gasteiger partial charge on any atom is 0.397 e. The van der Waals surface area contributed by atoms with Crippen molar-refractivity contribution >= 4 is 20.8 Å². The first-order valence-corrected chi connectivity index (χ1v) is 14.6. The number of hydrogen-bond donors (Lipinski definition) is 11. The molecule has 0 saturated carbocycles. The molecule has 0 amide bonds. The fourth-order valence-electron chi connectivity index (χ4n) is 4.41. The summed E-state index contributed by atoms with van der Waals surface area (Å²) in [5.74, 6) is 0. The zero-order valence-electron chi connectivity index (χ0n) is 21.0. The second-order valence-electron chi connectivity index (χ2n) is 9.37. The van der Waals surface area contributed by atoms with Crippen molar-refractivity contribution in [3.8, 4) is 0 Å². The van der Waals surface area contributed by atoms with Gasteiger partial charge in [0.15, 0.2) is 25.0 Å². The zero-order valence-corrected chi connectivity index (χ0v) is 22.6. The average Bonchev–Trinajstić information content (AvgIpc) is 2.89. The van der Waals surface area contributed by atoms with Crippen LogP contribution in [-0.2, 0) is 52.8 Å². The van der Waals surface area contributed by atoms with Crippen LogP contribution in [0.1, 0.15) is 0 Å². The molecular weight excluding hydrogens is 632 g/mol. The predicted molar refractivity (Wildman–Crippen MR) is 122 cm³/mol. The summed E-state index contributed by atoms with van der Waals surface area (Å²) in [6.07, 6.45) is -30.5. The van der Waals surface area contributed by atoms with Crippen LogP contribution in [0.3, 0.4) is 0 Å². The Labute approximate surface area is 237 Å². The van der Waals surface area contributed by atoms with Crippen LogP contribution in [-0.4, -0.2) is 184 Å². The van der Waals surface area contributed by atoms with Crippen molar-refractivity contribution in [2.24, 2.45) is 0 Å². The van der Waals surface area contributed by atoms with Gasteiger partial charge < -0.3 is 69.6 Å². The smallest absolute Gasteiger partial charge is 0.394 e. The Balaban J connectivity index is 1.94. The van der Waals surface area contributed by atoms with Crippen molar-refractivity contribution in [1.82, 2.24) is 0 Å². The first-order chi connectivity index (χ1) is 19.4. The highest BCUT2D eigenvalue weighted by atomic mass is 32.3. The minimum absolute atomic E-state index is 0.847. The fourth-order valence-corrected chi connectivity index (χ4v) is 5.40. The molecule has 15 atom stereocenters. The minimum atomic E-state index is -5.46. The Morgan fingerprint density at radius 1 is 0.548 bits per heavy atom. The number of rotatable bonds is 11. The van der Waals surface area contributed by atoms with E-state index in [4.69, 9.17) is 28.2 Å². The van der Waals surface area contributed by atoms with Gasteiger partial charge in [0.1, 0.15) is 67.1 Å². The molecule has 0 unspecified atom stereocenters. The summed E-state index contributed by atoms with van der Waals surface area (Å²) in [6.45, 7) is -2.82. The summed E-state index contributed by atoms with van der Waals surface area (Å²) in [5, 5.41) is 89.9. The Morgan fingerprint density at radius 2 is 1.05 bits per heavy atom. The van der Waals surface area contributed by atoms with Crippen molar-refractivity contribution < 1.29 is 104 Å². The average molecular weight is 665 g/mol. The third-order valence-corrected chi connectivity index (χ3v) is 7.42. The first kappa shape index (κ1) is 35.7. The van der Waals surface area contributed by atoms with Crippen LogP contribution >= 0.6 is 0 Å². The number of hydrogen-bond acceptors (Lipinski definition) is 20. The molecule has 0 radical (unpaired) electrons. The normalized spacial score (nSPS) is 45.5. The van der Waals surface area contributed by atoms with Gasteiger partial charge in [0, 0.05) is 0 Å². The van der Waals surface area contributed by atoms with Gasteiger partial charge in [-0.25, -0.2) is 8.37 Å². The largest absolute Gasteiger partial charge is 0.397 e. The molecule has 3 rings (SSSR count). The highest BCUT2D eigenvalue weighted by molar-refractivity contribution is 7.81. The van der Waals surface area contributed by atoms with E-state index in [-0.39, 0.29) is 0 Å². The van der Waals surface area contributed by atoms with E-state index in [0.717, 1.165) is 0 Å². The Kier molecular flexibility index (Phi) is 12.0. The molecule has 3 fully saturated rings. The van der Waals surface area contributed by atoms with Gasteiger partial charge in [-0.3, -0.25) is 9.11 Å². The lowest BCUT2D eigenvalue weighted by Gasteiger charge is -2.47. The lowest BCUT2D eigenvalue weighted by atomic mass is 9.97. The van der Waals surface area contributed by atoms with Gasteiger partial charge in [0.2, 0.25) is 0 Å². The second kappa shape index (κ2) is 14.1. The van der Waals surface area contributed by atoms with E-state index in [1.165, 1.54) is 0 Å². The molecule has 22 nitrogen and oxygen atoms in total. The Bertz CT molecular complexity index is 1090. The lowest BCUT2D eigenvalue weighted by molar-refractivity contribution is -0.358. The van der Waals surface area contributed by atoms with E-state index in [2.05, 4.69) is 8.37 Å². The summed E-state index contributed by atoms with van der Waals surface area (Å²) in [5.41, 5.74) is 0. The second-order valence-corrected chi connectivity index (χ2v) is 11.5. The predicted octanol–water partition coefficient (Wildman–Crippen LogP) is -7.92. The van der Waals surface area contributed by atoms with Crippen LogP contribution < -0.4 is 0 Å². The zero-order chi connectivity index (χ0) is 31.7. The first-order valence-electron chi connectivity index (χ1n) is 11.9. The highest BCUT2D eigenvalue weighted by Gasteiger charge is 2.54. The molecule has 3 aliphatic heterocycles. The van der Waals surface area contributed by atoms with Crippen molar-refractivity contribution in [2.75, 3.05) is 19.8 Å². The third-order valence-electron chi connectivity index (χ3n) is 6.49. The quantitative estimate of drug-likeness (QED) is 0.0913. The molecular formula is C18H32O22S2. The molecule has 0 aromatic rings. The number of ether oxygens (including phenoxy) is 5. The standard InChI is InChI=1S/C18H32O22S2/c19-1-4-7(21)9(23)11(25)17(36-4)34-3-6-13(14(39-41(28,29)30)12(26)16(27)35-6)38-18-15(40-42(31,32)33)10(24)8(22)5(2-20)37-18/h4-27H,1-3H2,(H,28,29,30)(H,31,32,33)/t4-,5-,6-,7-,8+,9+,10+,11-,12-,13+,14-,15-,16-,17-,18+/m1/s1. The molecule has 42 heavy (non-hydrogen) atoms. The molecule has 3 saturated heterocycles. The van der Waals surface area contributed by atoms with Gasteiger partial charge >= 0.3 is 20.8 Å². The molecule has 248 valence electrons. The molecule has 0 aromatic carbocycles. The number of aliphatic hydroxyl groups is 9. The van der Waals surface area contributed by atoms with E-state index in [1.807, 2.05) is 0 Å². The summed E-state index contributed by atoms with van der Waals surface area (Å²) < 4.78 is 99.2. The molecule has 3 aliphatic rings. The molecule has 3 heterocycles. The molecule has 0 aliphatic carbocycles. The van der Waals surface area contributed by atoms with Crippen LogP contribution in [0.15, 0.2) is 0 Å². The van der Waals surface area contributed by atoms with Crippen molar-refractivity contribution in [3.63, 3.8) is 0 Å². The van der Waals surface area contributed by atoms with Crippen molar-refractivity contribution in [1.29, 1.82) is 0 Å². The van der Waals surface area contributed by atoms with E-state index < -0.39 is 133 Å². The minimum Gasteiger partial charge on any atom is -0.394 e. The third kappa shape index (κ3) is 8.46. The van der Waals surface area contributed by atoms with Gasteiger partial charge in [-0.1, -0.05) is 0 Å². The summed E-state index contributed by atoms with van der Waals surface area (Å²) in [4.78, 5) is 0. The lowest BCUT2D eigenvalue weighted by Crippen LogP contribution is -2.66. The molecule has 0 aromatic heterocycles. The van der Waals surface area contributed by atoms with Crippen LogP contribution in [0.5, 0.6) is 0 Å². The van der Waals surface area contributed by atoms with E-state index in [0.29, 0.717) is 0 Å². The van der Waals surface area contributed by atoms with Crippen LogP contribution in [0.2, 0.25) is 0 Å². The van der Waals surface area contributed by atoms with E-state index in [1.54, 1.807) is 0 Å². The highest BCUT2D eigenvalue weighted by Crippen LogP contribution is 2.33. The van der Waals surface area contributed by atoms with E-state index in [9.17, 15) is 67.3 Å². The van der Waals surface area contributed by atoms with Gasteiger partial charge in [-0.05, 0) is 0 Å². The Hall–Kier alpha value is -0.820. The van der Waals surface area contributed by atoms with Gasteiger partial charge in [-0.15, -0.1) is 0 Å². The van der Waals surface area contributed by atoms with Gasteiger partial charge in [0.05, 0.1) is 19.8 Å². The van der Waals surface area contributed by atoms with Crippen molar-refractivity contribution in [2.45, 2.75) is 92.1 Å². The molecule has 24 heteroatoms. The summed E-state index contributed by atoms with van der Waals surface area (Å²) >= 11 is 0. The van der Waals surface area contributed by atoms with Crippen LogP contribution in [0.4, 0.5) is 0 Å². The van der Waals surface area contributed by atoms with Crippen LogP contribution in [0.25, 0.3) is 0 Å². The molecule has 11 N–H and O–H groups in total. The van der Waals surface area contributed by atoms with Crippen molar-refractivity contribution in [3.05, 3.63) is 0 Å². The maximum atomic E-state index is 11.5. The SMILES string of the molecule is O=S(=O)(O)O[C@@H]1[C@@H](O)[C@H](O)O[C@H](CO[C@@H]2O[C@H](CO)[C@@H](O)[C@H](O)[C@H]2O)[C@@H]1O[C@@H]1O[C@H](CO)[C@H](O)[C@H](O)[C@H]1OS(=O)(=O)O. The molecule has 0 bridgehead atoms. The molecule has 0 spiro atoms. The topological polar surface area (TPSA) is 355 Å². The monoisotopic (exact) mass is 664 g/mol. The van der Waals surface area contributed by atoms with Crippen LogP contribution in [0, 0.1) is 0 Å². The van der Waals surface area contributed by atoms with E-state index >= 15 is 0 Å². The van der Waals surface area contributed by atoms with Gasteiger partial charge in [-0.2, -0.15) is 16.8 Å². The maximum absolute atomic E-state index is 11.5. The summed E-state index contributed by atoms with van der Waals surface area (Å²) in [7, 11) is -10.9. The number of aliphatic hydroxyl groups excluding tert-OH is 9.